The molecule has 1 aliphatic carbocycles. The minimum absolute atomic E-state index is 0.128. The van der Waals surface area contributed by atoms with Gasteiger partial charge in [-0.15, -0.1) is 0 Å². The second kappa shape index (κ2) is 10.6. The van der Waals surface area contributed by atoms with E-state index < -0.39 is 40.5 Å². The topological polar surface area (TPSA) is 93.2 Å². The van der Waals surface area contributed by atoms with Crippen molar-refractivity contribution in [1.82, 2.24) is 9.97 Å². The minimum Gasteiger partial charge on any atom is -0.453 e. The third kappa shape index (κ3) is 5.24. The number of hydrogen-bond acceptors (Lipinski definition) is 5. The van der Waals surface area contributed by atoms with Gasteiger partial charge in [-0.3, -0.25) is 19.6 Å². The van der Waals surface area contributed by atoms with E-state index in [0.29, 0.717) is 40.7 Å². The van der Waals surface area contributed by atoms with Gasteiger partial charge in [-0.2, -0.15) is 0 Å². The van der Waals surface area contributed by atoms with Gasteiger partial charge in [-0.25, -0.2) is 17.6 Å². The van der Waals surface area contributed by atoms with E-state index in [4.69, 9.17) is 4.74 Å². The smallest absolute Gasteiger partial charge is 0.240 e. The molecular weight excluding hydrogens is 552 g/mol. The van der Waals surface area contributed by atoms with E-state index in [0.717, 1.165) is 18.2 Å². The van der Waals surface area contributed by atoms with Crippen molar-refractivity contribution in [2.24, 2.45) is 5.41 Å². The standard InChI is InChI=1S/C31H20F4N4O3/c32-18-2-4-19(5-3-18)38-29(40)31(10-11-31)30(41)39-20-6-8-28(24(35)14-20)42-27-9-12-36-26-15-25(37-16-21(26)27)17-1-7-22(33)23(34)13-17/h1-9,12-16H,10-11H2,(H,38,40)(H,39,41). The van der Waals surface area contributed by atoms with Crippen LogP contribution in [0.25, 0.3) is 22.2 Å². The van der Waals surface area contributed by atoms with Crippen LogP contribution in [-0.4, -0.2) is 21.8 Å². The van der Waals surface area contributed by atoms with Crippen molar-refractivity contribution < 1.29 is 31.9 Å². The Balaban J connectivity index is 1.16. The van der Waals surface area contributed by atoms with Gasteiger partial charge in [0, 0.05) is 35.4 Å². The number of pyridine rings is 2. The number of carbonyl (C=O) groups excluding carboxylic acids is 2. The monoisotopic (exact) mass is 572 g/mol. The molecule has 6 rings (SSSR count). The molecular formula is C31H20F4N4O3. The summed E-state index contributed by atoms with van der Waals surface area (Å²) in [4.78, 5) is 34.3. The van der Waals surface area contributed by atoms with Crippen LogP contribution >= 0.6 is 0 Å². The summed E-state index contributed by atoms with van der Waals surface area (Å²) in [6.07, 6.45) is 3.52. The number of carbonyl (C=O) groups is 2. The molecule has 0 spiro atoms. The second-order valence-electron chi connectivity index (χ2n) is 9.77. The number of amides is 2. The lowest BCUT2D eigenvalue weighted by Gasteiger charge is -2.16. The third-order valence-corrected chi connectivity index (χ3v) is 6.93. The van der Waals surface area contributed by atoms with Crippen LogP contribution in [0.5, 0.6) is 11.5 Å². The Hall–Kier alpha value is -5.32. The quantitative estimate of drug-likeness (QED) is 0.162. The van der Waals surface area contributed by atoms with Gasteiger partial charge >= 0.3 is 0 Å². The summed E-state index contributed by atoms with van der Waals surface area (Å²) in [5.41, 5.74) is 0.322. The van der Waals surface area contributed by atoms with E-state index >= 15 is 4.39 Å². The van der Waals surface area contributed by atoms with E-state index in [2.05, 4.69) is 20.6 Å². The van der Waals surface area contributed by atoms with Crippen molar-refractivity contribution in [3.05, 3.63) is 108 Å². The van der Waals surface area contributed by atoms with Crippen molar-refractivity contribution in [1.29, 1.82) is 0 Å². The summed E-state index contributed by atoms with van der Waals surface area (Å²) in [6.45, 7) is 0. The van der Waals surface area contributed by atoms with E-state index in [1.54, 1.807) is 6.07 Å². The zero-order valence-electron chi connectivity index (χ0n) is 21.6. The molecule has 0 saturated heterocycles. The molecule has 42 heavy (non-hydrogen) atoms. The lowest BCUT2D eigenvalue weighted by atomic mass is 10.0. The number of benzene rings is 3. The number of halogens is 4. The molecule has 1 fully saturated rings. The lowest BCUT2D eigenvalue weighted by molar-refractivity contribution is -0.131. The van der Waals surface area contributed by atoms with Crippen LogP contribution in [0.2, 0.25) is 0 Å². The zero-order valence-corrected chi connectivity index (χ0v) is 21.6. The second-order valence-corrected chi connectivity index (χ2v) is 9.77. The van der Waals surface area contributed by atoms with Gasteiger partial charge < -0.3 is 15.4 Å². The van der Waals surface area contributed by atoms with Gasteiger partial charge in [0.2, 0.25) is 11.8 Å². The molecule has 2 N–H and O–H groups in total. The van der Waals surface area contributed by atoms with Crippen molar-refractivity contribution in [3.8, 4) is 22.8 Å². The van der Waals surface area contributed by atoms with Crippen LogP contribution in [0.1, 0.15) is 12.8 Å². The first-order valence-electron chi connectivity index (χ1n) is 12.8. The zero-order chi connectivity index (χ0) is 29.4. The molecule has 0 radical (unpaired) electrons. The van der Waals surface area contributed by atoms with Crippen LogP contribution in [0.3, 0.4) is 0 Å². The van der Waals surface area contributed by atoms with Gasteiger partial charge in [0.15, 0.2) is 23.2 Å². The third-order valence-electron chi connectivity index (χ3n) is 6.93. The predicted molar refractivity (Wildman–Crippen MR) is 147 cm³/mol. The van der Waals surface area contributed by atoms with Crippen molar-refractivity contribution in [2.45, 2.75) is 12.8 Å². The predicted octanol–water partition coefficient (Wildman–Crippen LogP) is 7.00. The van der Waals surface area contributed by atoms with Gasteiger partial charge in [0.1, 0.15) is 17.0 Å². The number of ether oxygens (including phenoxy) is 1. The number of nitrogens with zero attached hydrogens (tertiary/aromatic N) is 2. The largest absolute Gasteiger partial charge is 0.453 e. The number of hydrogen-bond donors (Lipinski definition) is 2. The molecule has 7 nitrogen and oxygen atoms in total. The Labute approximate surface area is 236 Å². The van der Waals surface area contributed by atoms with Crippen LogP contribution in [0.4, 0.5) is 28.9 Å². The number of aromatic nitrogens is 2. The highest BCUT2D eigenvalue weighted by Crippen LogP contribution is 2.47. The summed E-state index contributed by atoms with van der Waals surface area (Å²) >= 11 is 0. The Morgan fingerprint density at radius 2 is 1.43 bits per heavy atom. The van der Waals surface area contributed by atoms with E-state index in [-0.39, 0.29) is 17.2 Å². The highest BCUT2D eigenvalue weighted by atomic mass is 19.2. The molecule has 11 heteroatoms. The SMILES string of the molecule is O=C(Nc1ccc(F)cc1)C1(C(=O)Nc2ccc(Oc3ccnc4cc(-c5ccc(F)c(F)c5)ncc34)c(F)c2)CC1. The molecule has 0 bridgehead atoms. The summed E-state index contributed by atoms with van der Waals surface area (Å²) in [7, 11) is 0. The first-order valence-corrected chi connectivity index (χ1v) is 12.8. The fraction of sp³-hybridized carbons (Fsp3) is 0.0968. The molecule has 2 amide bonds. The van der Waals surface area contributed by atoms with Crippen LogP contribution in [0, 0.1) is 28.7 Å². The van der Waals surface area contributed by atoms with E-state index in [1.807, 2.05) is 0 Å². The maximum absolute atomic E-state index is 15.0. The molecule has 0 unspecified atom stereocenters. The molecule has 0 aliphatic heterocycles. The average molecular weight is 573 g/mol. The summed E-state index contributed by atoms with van der Waals surface area (Å²) in [5.74, 6) is -4.21. The first-order chi connectivity index (χ1) is 20.2. The molecule has 210 valence electrons. The van der Waals surface area contributed by atoms with Crippen molar-refractivity contribution in [3.63, 3.8) is 0 Å². The molecule has 0 atom stereocenters. The normalized spacial score (nSPS) is 13.4. The Morgan fingerprint density at radius 1 is 0.714 bits per heavy atom. The maximum Gasteiger partial charge on any atom is 0.240 e. The Bertz CT molecular complexity index is 1860. The van der Waals surface area contributed by atoms with Crippen LogP contribution in [0.15, 0.2) is 85.2 Å². The highest BCUT2D eigenvalue weighted by molar-refractivity contribution is 6.16. The highest BCUT2D eigenvalue weighted by Gasteiger charge is 2.56. The lowest BCUT2D eigenvalue weighted by Crippen LogP contribution is -2.35. The molecule has 2 aromatic heterocycles. The summed E-state index contributed by atoms with van der Waals surface area (Å²) in [5, 5.41) is 5.65. The molecule has 2 heterocycles. The number of fused-ring (bicyclic) bond motifs is 1. The summed E-state index contributed by atoms with van der Waals surface area (Å²) in [6, 6.07) is 15.5. The molecule has 5 aromatic rings. The van der Waals surface area contributed by atoms with Gasteiger partial charge in [-0.1, -0.05) is 0 Å². The van der Waals surface area contributed by atoms with E-state index in [9.17, 15) is 22.8 Å². The van der Waals surface area contributed by atoms with Crippen LogP contribution in [-0.2, 0) is 9.59 Å². The molecule has 1 aliphatic rings. The number of rotatable bonds is 7. The van der Waals surface area contributed by atoms with Crippen molar-refractivity contribution in [2.75, 3.05) is 10.6 Å². The minimum atomic E-state index is -1.30. The van der Waals surface area contributed by atoms with Gasteiger partial charge in [0.25, 0.3) is 0 Å². The van der Waals surface area contributed by atoms with E-state index in [1.165, 1.54) is 60.9 Å². The Kier molecular flexibility index (Phi) is 6.77. The fourth-order valence-electron chi connectivity index (χ4n) is 4.42. The Morgan fingerprint density at radius 3 is 2.12 bits per heavy atom. The fourth-order valence-corrected chi connectivity index (χ4v) is 4.42. The number of nitrogens with one attached hydrogen (secondary N) is 2. The van der Waals surface area contributed by atoms with Crippen molar-refractivity contribution >= 4 is 34.1 Å². The van der Waals surface area contributed by atoms with Gasteiger partial charge in [-0.05, 0) is 79.6 Å². The maximum atomic E-state index is 15.0. The number of anilines is 2. The molecule has 3 aromatic carbocycles. The van der Waals surface area contributed by atoms with Gasteiger partial charge in [0.05, 0.1) is 16.6 Å². The van der Waals surface area contributed by atoms with Crippen LogP contribution < -0.4 is 15.4 Å². The molecule has 1 saturated carbocycles. The average Bonchev–Trinajstić information content (AvgIpc) is 3.80. The first kappa shape index (κ1) is 26.9. The summed E-state index contributed by atoms with van der Waals surface area (Å²) < 4.78 is 61.0.